The van der Waals surface area contributed by atoms with E-state index in [1.54, 1.807) is 28.2 Å². The minimum Gasteiger partial charge on any atom is -0.353 e. The van der Waals surface area contributed by atoms with Crippen LogP contribution in [0.25, 0.3) is 0 Å². The van der Waals surface area contributed by atoms with Crippen molar-refractivity contribution in [2.24, 2.45) is 10.9 Å². The first-order valence-electron chi connectivity index (χ1n) is 6.76. The molecule has 0 aliphatic heterocycles. The van der Waals surface area contributed by atoms with E-state index < -0.39 is 0 Å². The number of likely N-dealkylation sites (N-methyl/N-ethyl adjacent to an activating group) is 2. The van der Waals surface area contributed by atoms with E-state index in [1.807, 2.05) is 0 Å². The van der Waals surface area contributed by atoms with E-state index in [-0.39, 0.29) is 48.9 Å². The van der Waals surface area contributed by atoms with Gasteiger partial charge in [-0.2, -0.15) is 0 Å². The number of carbonyl (C=O) groups excluding carboxylic acids is 2. The number of guanidine groups is 1. The Morgan fingerprint density at radius 2 is 1.67 bits per heavy atom. The molecule has 0 spiro atoms. The van der Waals surface area contributed by atoms with E-state index in [0.717, 1.165) is 6.42 Å². The third-order valence-corrected chi connectivity index (χ3v) is 3.21. The highest BCUT2D eigenvalue weighted by Gasteiger charge is 2.33. The first-order valence-corrected chi connectivity index (χ1v) is 6.76. The molecule has 1 saturated carbocycles. The summed E-state index contributed by atoms with van der Waals surface area (Å²) in [6.45, 7) is 2.38. The molecule has 1 aliphatic carbocycles. The normalized spacial score (nSPS) is 20.1. The second kappa shape index (κ2) is 9.06. The lowest BCUT2D eigenvalue weighted by Gasteiger charge is -2.15. The molecule has 0 aromatic carbocycles. The van der Waals surface area contributed by atoms with Gasteiger partial charge in [-0.05, 0) is 12.3 Å². The van der Waals surface area contributed by atoms with Gasteiger partial charge in [0, 0.05) is 34.2 Å². The quantitative estimate of drug-likeness (QED) is 0.371. The summed E-state index contributed by atoms with van der Waals surface area (Å²) >= 11 is 0. The second-order valence-electron chi connectivity index (χ2n) is 5.56. The molecule has 7 nitrogen and oxygen atoms in total. The first kappa shape index (κ1) is 19.9. The Kier molecular flexibility index (Phi) is 8.60. The molecule has 122 valence electrons. The summed E-state index contributed by atoms with van der Waals surface area (Å²) in [5, 5.41) is 6.19. The molecule has 0 heterocycles. The Morgan fingerprint density at radius 3 is 2.10 bits per heavy atom. The number of aliphatic imine (C=N–C) groups is 1. The number of nitrogens with zero attached hydrogens (tertiary/aromatic N) is 3. The monoisotopic (exact) mass is 411 g/mol. The molecule has 21 heavy (non-hydrogen) atoms. The molecule has 1 rings (SSSR count). The molecule has 0 aromatic heterocycles. The Morgan fingerprint density at radius 1 is 1.14 bits per heavy atom. The highest BCUT2D eigenvalue weighted by molar-refractivity contribution is 14.0. The van der Waals surface area contributed by atoms with Gasteiger partial charge >= 0.3 is 0 Å². The molecule has 2 amide bonds. The Hall–Kier alpha value is -1.06. The van der Waals surface area contributed by atoms with E-state index in [9.17, 15) is 9.59 Å². The number of rotatable bonds is 5. The second-order valence-corrected chi connectivity index (χ2v) is 5.56. The van der Waals surface area contributed by atoms with Gasteiger partial charge in [0.1, 0.15) is 6.54 Å². The van der Waals surface area contributed by atoms with Crippen LogP contribution in [-0.4, -0.2) is 74.9 Å². The average Bonchev–Trinajstić information content (AvgIpc) is 3.06. The van der Waals surface area contributed by atoms with Gasteiger partial charge in [-0.15, -0.1) is 24.0 Å². The molecule has 2 N–H and O–H groups in total. The maximum atomic E-state index is 11.6. The first-order chi connectivity index (χ1) is 9.31. The van der Waals surface area contributed by atoms with Crippen LogP contribution in [0.5, 0.6) is 0 Å². The standard InChI is InChI=1S/C13H25N5O2.HI/c1-9-6-10(9)16-13(14-7-11(19)17(2)3)15-8-12(20)18(4)5;/h9-10H,6-8H2,1-5H3,(H2,14,15,16);1H. The van der Waals surface area contributed by atoms with Gasteiger partial charge in [-0.25, -0.2) is 4.99 Å². The van der Waals surface area contributed by atoms with Crippen molar-refractivity contribution in [1.82, 2.24) is 20.4 Å². The van der Waals surface area contributed by atoms with Crippen molar-refractivity contribution in [2.75, 3.05) is 41.3 Å². The van der Waals surface area contributed by atoms with Crippen molar-refractivity contribution in [2.45, 2.75) is 19.4 Å². The van der Waals surface area contributed by atoms with Crippen LogP contribution in [0.3, 0.4) is 0 Å². The van der Waals surface area contributed by atoms with E-state index >= 15 is 0 Å². The molecular formula is C13H26IN5O2. The lowest BCUT2D eigenvalue weighted by atomic mass is 10.5. The third kappa shape index (κ3) is 7.49. The van der Waals surface area contributed by atoms with Crippen LogP contribution >= 0.6 is 24.0 Å². The van der Waals surface area contributed by atoms with Crippen molar-refractivity contribution >= 4 is 41.8 Å². The van der Waals surface area contributed by atoms with Crippen molar-refractivity contribution < 1.29 is 9.59 Å². The van der Waals surface area contributed by atoms with Crippen molar-refractivity contribution in [3.05, 3.63) is 0 Å². The summed E-state index contributed by atoms with van der Waals surface area (Å²) in [5.74, 6) is 1.01. The smallest absolute Gasteiger partial charge is 0.243 e. The zero-order valence-electron chi connectivity index (χ0n) is 13.3. The zero-order valence-corrected chi connectivity index (χ0v) is 15.7. The molecular weight excluding hydrogens is 385 g/mol. The van der Waals surface area contributed by atoms with Gasteiger partial charge in [0.25, 0.3) is 0 Å². The van der Waals surface area contributed by atoms with Crippen LogP contribution in [0.15, 0.2) is 4.99 Å². The topological polar surface area (TPSA) is 77.0 Å². The lowest BCUT2D eigenvalue weighted by molar-refractivity contribution is -0.127. The summed E-state index contributed by atoms with van der Waals surface area (Å²) < 4.78 is 0. The van der Waals surface area contributed by atoms with Crippen LogP contribution in [0.2, 0.25) is 0 Å². The SMILES string of the molecule is CC1CC1NC(=NCC(=O)N(C)C)NCC(=O)N(C)C.I. The summed E-state index contributed by atoms with van der Waals surface area (Å²) in [6, 6.07) is 0.380. The fourth-order valence-electron chi connectivity index (χ4n) is 1.46. The van der Waals surface area contributed by atoms with Crippen molar-refractivity contribution in [1.29, 1.82) is 0 Å². The predicted octanol–water partition coefficient (Wildman–Crippen LogP) is -0.276. The van der Waals surface area contributed by atoms with Crippen molar-refractivity contribution in [3.63, 3.8) is 0 Å². The van der Waals surface area contributed by atoms with Gasteiger partial charge in [0.2, 0.25) is 11.8 Å². The predicted molar refractivity (Wildman–Crippen MR) is 93.8 cm³/mol. The third-order valence-electron chi connectivity index (χ3n) is 3.21. The number of hydrogen-bond acceptors (Lipinski definition) is 3. The molecule has 8 heteroatoms. The maximum absolute atomic E-state index is 11.6. The van der Waals surface area contributed by atoms with Gasteiger partial charge in [-0.1, -0.05) is 6.92 Å². The number of hydrogen-bond donors (Lipinski definition) is 2. The van der Waals surface area contributed by atoms with Gasteiger partial charge in [0.15, 0.2) is 5.96 Å². The maximum Gasteiger partial charge on any atom is 0.243 e. The number of carbonyl (C=O) groups is 2. The summed E-state index contributed by atoms with van der Waals surface area (Å²) in [4.78, 5) is 30.3. The summed E-state index contributed by atoms with van der Waals surface area (Å²) in [7, 11) is 6.79. The minimum absolute atomic E-state index is 0. The Bertz CT molecular complexity index is 398. The van der Waals surface area contributed by atoms with Crippen molar-refractivity contribution in [3.8, 4) is 0 Å². The fraction of sp³-hybridized carbons (Fsp3) is 0.769. The Labute approximate surface area is 143 Å². The van der Waals surface area contributed by atoms with Crippen LogP contribution in [0.4, 0.5) is 0 Å². The molecule has 0 saturated heterocycles. The van der Waals surface area contributed by atoms with Gasteiger partial charge in [-0.3, -0.25) is 9.59 Å². The molecule has 1 fully saturated rings. The molecule has 2 atom stereocenters. The zero-order chi connectivity index (χ0) is 15.3. The van der Waals surface area contributed by atoms with E-state index in [0.29, 0.717) is 17.9 Å². The van der Waals surface area contributed by atoms with E-state index in [1.165, 1.54) is 9.80 Å². The van der Waals surface area contributed by atoms with Crippen LogP contribution < -0.4 is 10.6 Å². The van der Waals surface area contributed by atoms with Crippen LogP contribution in [-0.2, 0) is 9.59 Å². The highest BCUT2D eigenvalue weighted by atomic mass is 127. The van der Waals surface area contributed by atoms with Gasteiger partial charge < -0.3 is 20.4 Å². The molecule has 1 aliphatic rings. The van der Waals surface area contributed by atoms with Crippen LogP contribution in [0, 0.1) is 5.92 Å². The fourth-order valence-corrected chi connectivity index (χ4v) is 1.46. The lowest BCUT2D eigenvalue weighted by Crippen LogP contribution is -2.44. The summed E-state index contributed by atoms with van der Waals surface area (Å²) in [5.41, 5.74) is 0. The van der Waals surface area contributed by atoms with Gasteiger partial charge in [0.05, 0.1) is 6.54 Å². The molecule has 0 aromatic rings. The molecule has 2 unspecified atom stereocenters. The largest absolute Gasteiger partial charge is 0.353 e. The number of amides is 2. The van der Waals surface area contributed by atoms with E-state index in [4.69, 9.17) is 0 Å². The molecule has 0 bridgehead atoms. The Balaban J connectivity index is 0.00000400. The summed E-state index contributed by atoms with van der Waals surface area (Å²) in [6.07, 6.45) is 1.09. The number of halogens is 1. The average molecular weight is 411 g/mol. The highest BCUT2D eigenvalue weighted by Crippen LogP contribution is 2.28. The van der Waals surface area contributed by atoms with E-state index in [2.05, 4.69) is 22.5 Å². The number of nitrogens with one attached hydrogen (secondary N) is 2. The molecule has 0 radical (unpaired) electrons. The van der Waals surface area contributed by atoms with Crippen LogP contribution in [0.1, 0.15) is 13.3 Å². The minimum atomic E-state index is -0.0751.